The smallest absolute Gasteiger partial charge is 0.246 e. The van der Waals surface area contributed by atoms with E-state index in [1.54, 1.807) is 12.1 Å². The molecule has 2 heterocycles. The molecule has 1 fully saturated rings. The Morgan fingerprint density at radius 2 is 2.09 bits per heavy atom. The van der Waals surface area contributed by atoms with Crippen LogP contribution in [-0.2, 0) is 22.6 Å². The molecule has 1 aliphatic heterocycles. The highest BCUT2D eigenvalue weighted by atomic mass is 19.1. The van der Waals surface area contributed by atoms with E-state index < -0.39 is 11.4 Å². The summed E-state index contributed by atoms with van der Waals surface area (Å²) in [4.78, 5) is 28.7. The Hall–Kier alpha value is -3.75. The maximum atomic E-state index is 14.5. The molecular weight excluding hydrogens is 427 g/mol. The Morgan fingerprint density at radius 3 is 2.79 bits per heavy atom. The fraction of sp³-hybridized carbons (Fsp3) is 0.333. The van der Waals surface area contributed by atoms with Crippen molar-refractivity contribution in [2.75, 3.05) is 7.11 Å². The van der Waals surface area contributed by atoms with Gasteiger partial charge in [-0.15, -0.1) is 0 Å². The van der Waals surface area contributed by atoms with Crippen LogP contribution in [0.2, 0.25) is 0 Å². The van der Waals surface area contributed by atoms with E-state index in [0.29, 0.717) is 48.7 Å². The number of hydrogen-bond acceptors (Lipinski definition) is 6. The molecule has 8 nitrogen and oxygen atoms in total. The summed E-state index contributed by atoms with van der Waals surface area (Å²) in [5.41, 5.74) is 0.621. The van der Waals surface area contributed by atoms with E-state index >= 15 is 0 Å². The van der Waals surface area contributed by atoms with Crippen LogP contribution in [-0.4, -0.2) is 34.6 Å². The minimum Gasteiger partial charge on any atom is -0.497 e. The topological polar surface area (TPSA) is 106 Å². The number of rotatable bonds is 9. The molecule has 1 aromatic heterocycles. The van der Waals surface area contributed by atoms with E-state index in [-0.39, 0.29) is 24.8 Å². The zero-order chi connectivity index (χ0) is 23.3. The second-order valence-electron chi connectivity index (χ2n) is 8.12. The second kappa shape index (κ2) is 9.81. The minimum atomic E-state index is -0.672. The molecule has 9 heteroatoms. The van der Waals surface area contributed by atoms with Crippen molar-refractivity contribution in [3.63, 3.8) is 0 Å². The first-order chi connectivity index (χ1) is 16.0. The number of benzene rings is 2. The summed E-state index contributed by atoms with van der Waals surface area (Å²) in [6.45, 7) is 0.102. The van der Waals surface area contributed by atoms with Gasteiger partial charge in [-0.25, -0.2) is 4.39 Å². The van der Waals surface area contributed by atoms with Crippen LogP contribution in [0.15, 0.2) is 53.1 Å². The summed E-state index contributed by atoms with van der Waals surface area (Å²) in [5, 5.41) is 9.66. The lowest BCUT2D eigenvalue weighted by Crippen LogP contribution is -2.44. The average Bonchev–Trinajstić information content (AvgIpc) is 3.45. The number of halogens is 1. The van der Waals surface area contributed by atoms with E-state index in [1.165, 1.54) is 13.2 Å². The van der Waals surface area contributed by atoms with Gasteiger partial charge in [-0.05, 0) is 30.9 Å². The summed E-state index contributed by atoms with van der Waals surface area (Å²) in [5.74, 6) is 0.468. The van der Waals surface area contributed by atoms with Crippen molar-refractivity contribution in [1.82, 2.24) is 20.8 Å². The van der Waals surface area contributed by atoms with Gasteiger partial charge in [0, 0.05) is 30.0 Å². The number of carbonyl (C=O) groups is 2. The van der Waals surface area contributed by atoms with Crippen LogP contribution in [0.1, 0.15) is 37.1 Å². The number of carbonyl (C=O) groups excluding carboxylic acids is 2. The molecule has 2 aromatic carbocycles. The van der Waals surface area contributed by atoms with Gasteiger partial charge in [-0.1, -0.05) is 41.6 Å². The number of amides is 2. The van der Waals surface area contributed by atoms with Crippen molar-refractivity contribution < 1.29 is 23.2 Å². The van der Waals surface area contributed by atoms with E-state index in [2.05, 4.69) is 20.8 Å². The van der Waals surface area contributed by atoms with E-state index in [9.17, 15) is 14.0 Å². The summed E-state index contributed by atoms with van der Waals surface area (Å²) >= 11 is 0. The zero-order valence-corrected chi connectivity index (χ0v) is 18.3. The Balaban J connectivity index is 1.34. The highest BCUT2D eigenvalue weighted by Crippen LogP contribution is 2.31. The lowest BCUT2D eigenvalue weighted by molar-refractivity contribution is -0.123. The van der Waals surface area contributed by atoms with Crippen molar-refractivity contribution in [2.24, 2.45) is 0 Å². The molecule has 4 rings (SSSR count). The summed E-state index contributed by atoms with van der Waals surface area (Å²) < 4.78 is 24.8. The molecule has 0 spiro atoms. The Kier molecular flexibility index (Phi) is 6.67. The van der Waals surface area contributed by atoms with Gasteiger partial charge in [0.25, 0.3) is 0 Å². The first-order valence-corrected chi connectivity index (χ1v) is 10.7. The van der Waals surface area contributed by atoms with Crippen molar-refractivity contribution >= 4 is 11.8 Å². The summed E-state index contributed by atoms with van der Waals surface area (Å²) in [7, 11) is 1.47. The van der Waals surface area contributed by atoms with Crippen LogP contribution >= 0.6 is 0 Å². The summed E-state index contributed by atoms with van der Waals surface area (Å²) in [6.07, 6.45) is 1.73. The number of methoxy groups -OCH3 is 1. The third-order valence-electron chi connectivity index (χ3n) is 5.79. The van der Waals surface area contributed by atoms with E-state index in [1.807, 2.05) is 30.3 Å². The van der Waals surface area contributed by atoms with E-state index in [0.717, 1.165) is 5.56 Å². The molecular formula is C24H25FN4O4. The standard InChI is InChI=1S/C24H25FN4O4/c1-32-18-8-7-17(19(25)13-18)14-24(12-10-21(31)28-24)11-9-20(30)26-15-22-27-23(29-33-22)16-5-3-2-4-6-16/h2-8,13H,9-12,14-15H2,1H3,(H,26,30)(H,28,31)/t24-/m0/s1. The zero-order valence-electron chi connectivity index (χ0n) is 18.3. The van der Waals surface area contributed by atoms with Gasteiger partial charge in [0.05, 0.1) is 13.7 Å². The van der Waals surface area contributed by atoms with Crippen molar-refractivity contribution in [1.29, 1.82) is 0 Å². The molecule has 0 bridgehead atoms. The third kappa shape index (κ3) is 5.54. The number of aromatic nitrogens is 2. The van der Waals surface area contributed by atoms with Gasteiger partial charge >= 0.3 is 0 Å². The normalized spacial score (nSPS) is 17.6. The fourth-order valence-electron chi connectivity index (χ4n) is 3.99. The van der Waals surface area contributed by atoms with Gasteiger partial charge < -0.3 is 19.9 Å². The number of ether oxygens (including phenoxy) is 1. The molecule has 2 N–H and O–H groups in total. The number of nitrogens with zero attached hydrogens (tertiary/aromatic N) is 2. The van der Waals surface area contributed by atoms with E-state index in [4.69, 9.17) is 9.26 Å². The fourth-order valence-corrected chi connectivity index (χ4v) is 3.99. The predicted octanol–water partition coefficient (Wildman–Crippen LogP) is 3.17. The molecule has 33 heavy (non-hydrogen) atoms. The second-order valence-corrected chi connectivity index (χ2v) is 8.12. The van der Waals surface area contributed by atoms with Gasteiger partial charge in [0.15, 0.2) is 0 Å². The molecule has 0 radical (unpaired) electrons. The number of hydrogen-bond donors (Lipinski definition) is 2. The van der Waals surface area contributed by atoms with Gasteiger partial charge in [-0.2, -0.15) is 4.98 Å². The molecule has 3 aromatic rings. The predicted molar refractivity (Wildman–Crippen MR) is 118 cm³/mol. The highest BCUT2D eigenvalue weighted by Gasteiger charge is 2.38. The Bertz CT molecular complexity index is 1130. The van der Waals surface area contributed by atoms with Crippen LogP contribution in [0.4, 0.5) is 4.39 Å². The monoisotopic (exact) mass is 452 g/mol. The lowest BCUT2D eigenvalue weighted by Gasteiger charge is -2.29. The molecule has 2 amide bonds. The molecule has 0 saturated carbocycles. The lowest BCUT2D eigenvalue weighted by atomic mass is 9.84. The Labute approximate surface area is 190 Å². The number of nitrogens with one attached hydrogen (secondary N) is 2. The van der Waals surface area contributed by atoms with Gasteiger partial charge in [0.2, 0.25) is 23.5 Å². The van der Waals surface area contributed by atoms with Crippen LogP contribution in [0, 0.1) is 5.82 Å². The quantitative estimate of drug-likeness (QED) is 0.517. The Morgan fingerprint density at radius 1 is 1.27 bits per heavy atom. The molecule has 1 aliphatic rings. The van der Waals surface area contributed by atoms with Crippen LogP contribution in [0.5, 0.6) is 5.75 Å². The largest absolute Gasteiger partial charge is 0.497 e. The van der Waals surface area contributed by atoms with Crippen LogP contribution < -0.4 is 15.4 Å². The molecule has 0 aliphatic carbocycles. The summed E-state index contributed by atoms with van der Waals surface area (Å²) in [6, 6.07) is 14.0. The van der Waals surface area contributed by atoms with Crippen LogP contribution in [0.25, 0.3) is 11.4 Å². The minimum absolute atomic E-state index is 0.0939. The average molecular weight is 452 g/mol. The van der Waals surface area contributed by atoms with Crippen LogP contribution in [0.3, 0.4) is 0 Å². The first-order valence-electron chi connectivity index (χ1n) is 10.7. The van der Waals surface area contributed by atoms with Gasteiger partial charge in [0.1, 0.15) is 11.6 Å². The van der Waals surface area contributed by atoms with Crippen molar-refractivity contribution in [2.45, 2.75) is 44.2 Å². The van der Waals surface area contributed by atoms with Gasteiger partial charge in [-0.3, -0.25) is 9.59 Å². The maximum Gasteiger partial charge on any atom is 0.246 e. The SMILES string of the molecule is COc1ccc(C[C@]2(CCC(=O)NCc3nc(-c4ccccc4)no3)CCC(=O)N2)c(F)c1. The molecule has 0 unspecified atom stereocenters. The first kappa shape index (κ1) is 22.4. The van der Waals surface area contributed by atoms with Crippen molar-refractivity contribution in [3.05, 3.63) is 65.8 Å². The maximum absolute atomic E-state index is 14.5. The molecule has 1 saturated heterocycles. The molecule has 1 atom stereocenters. The van der Waals surface area contributed by atoms with Crippen molar-refractivity contribution in [3.8, 4) is 17.1 Å². The molecule has 172 valence electrons. The third-order valence-corrected chi connectivity index (χ3v) is 5.79. The highest BCUT2D eigenvalue weighted by molar-refractivity contribution is 5.80.